The molecular weight excluding hydrogens is 292 g/mol. The second kappa shape index (κ2) is 8.00. The van der Waals surface area contributed by atoms with Gasteiger partial charge in [-0.25, -0.2) is 0 Å². The Balaban J connectivity index is 2.65. The third-order valence-electron chi connectivity index (χ3n) is 3.20. The monoisotopic (exact) mass is 312 g/mol. The third-order valence-corrected chi connectivity index (χ3v) is 3.60. The largest absolute Gasteiger partial charge is 0.396 e. The SMILES string of the molecule is Cc1ccc(NC(=O)C(=O)NC(CCO)C(C)C)cc1Cl. The van der Waals surface area contributed by atoms with Gasteiger partial charge in [-0.05, 0) is 37.0 Å². The Morgan fingerprint density at radius 1 is 1.29 bits per heavy atom. The molecule has 2 amide bonds. The zero-order valence-corrected chi connectivity index (χ0v) is 13.2. The van der Waals surface area contributed by atoms with Crippen molar-refractivity contribution in [3.8, 4) is 0 Å². The van der Waals surface area contributed by atoms with Crippen LogP contribution in [-0.4, -0.2) is 29.6 Å². The smallest absolute Gasteiger partial charge is 0.313 e. The fourth-order valence-electron chi connectivity index (χ4n) is 1.80. The van der Waals surface area contributed by atoms with Crippen molar-refractivity contribution in [3.05, 3.63) is 28.8 Å². The summed E-state index contributed by atoms with van der Waals surface area (Å²) in [6, 6.07) is 4.80. The molecule has 5 nitrogen and oxygen atoms in total. The van der Waals surface area contributed by atoms with Gasteiger partial charge in [0.25, 0.3) is 0 Å². The molecule has 0 aliphatic rings. The van der Waals surface area contributed by atoms with Gasteiger partial charge in [-0.15, -0.1) is 0 Å². The summed E-state index contributed by atoms with van der Waals surface area (Å²) in [4.78, 5) is 23.7. The fourth-order valence-corrected chi connectivity index (χ4v) is 1.98. The van der Waals surface area contributed by atoms with Crippen LogP contribution in [0.3, 0.4) is 0 Å². The molecule has 21 heavy (non-hydrogen) atoms. The van der Waals surface area contributed by atoms with Gasteiger partial charge in [-0.1, -0.05) is 31.5 Å². The van der Waals surface area contributed by atoms with Crippen LogP contribution in [0.1, 0.15) is 25.8 Å². The number of hydrogen-bond donors (Lipinski definition) is 3. The van der Waals surface area contributed by atoms with E-state index in [1.807, 2.05) is 20.8 Å². The molecule has 0 fully saturated rings. The Labute approximate surface area is 129 Å². The average Bonchev–Trinajstić information content (AvgIpc) is 2.42. The number of benzene rings is 1. The van der Waals surface area contributed by atoms with E-state index in [0.29, 0.717) is 17.1 Å². The third kappa shape index (κ3) is 5.36. The van der Waals surface area contributed by atoms with Crippen LogP contribution in [0.5, 0.6) is 0 Å². The number of halogens is 1. The maximum atomic E-state index is 11.9. The van der Waals surface area contributed by atoms with Crippen molar-refractivity contribution >= 4 is 29.1 Å². The number of nitrogens with one attached hydrogen (secondary N) is 2. The molecule has 0 bridgehead atoms. The fraction of sp³-hybridized carbons (Fsp3) is 0.467. The first-order valence-corrected chi connectivity index (χ1v) is 7.21. The van der Waals surface area contributed by atoms with Crippen LogP contribution >= 0.6 is 11.6 Å². The number of aliphatic hydroxyl groups excluding tert-OH is 1. The second-order valence-corrected chi connectivity index (χ2v) is 5.66. The molecule has 0 heterocycles. The number of anilines is 1. The molecule has 0 aromatic heterocycles. The average molecular weight is 313 g/mol. The number of hydrogen-bond acceptors (Lipinski definition) is 3. The lowest BCUT2D eigenvalue weighted by Crippen LogP contribution is -2.44. The van der Waals surface area contributed by atoms with Crippen molar-refractivity contribution in [2.45, 2.75) is 33.2 Å². The lowest BCUT2D eigenvalue weighted by molar-refractivity contribution is -0.136. The molecule has 0 saturated carbocycles. The van der Waals surface area contributed by atoms with Gasteiger partial charge in [0.15, 0.2) is 0 Å². The van der Waals surface area contributed by atoms with Crippen LogP contribution in [0.4, 0.5) is 5.69 Å². The minimum atomic E-state index is -0.751. The van der Waals surface area contributed by atoms with Crippen molar-refractivity contribution in [1.82, 2.24) is 5.32 Å². The molecule has 1 aromatic rings. The Hall–Kier alpha value is -1.59. The van der Waals surface area contributed by atoms with Crippen molar-refractivity contribution in [3.63, 3.8) is 0 Å². The van der Waals surface area contributed by atoms with Crippen LogP contribution in [0, 0.1) is 12.8 Å². The van der Waals surface area contributed by atoms with E-state index in [9.17, 15) is 9.59 Å². The van der Waals surface area contributed by atoms with E-state index in [1.54, 1.807) is 18.2 Å². The van der Waals surface area contributed by atoms with Gasteiger partial charge >= 0.3 is 11.8 Å². The zero-order valence-electron chi connectivity index (χ0n) is 12.4. The number of carbonyl (C=O) groups excluding carboxylic acids is 2. The molecule has 1 atom stereocenters. The molecule has 116 valence electrons. The summed E-state index contributed by atoms with van der Waals surface area (Å²) in [5, 5.41) is 14.6. The van der Waals surface area contributed by atoms with Crippen LogP contribution in [0.25, 0.3) is 0 Å². The van der Waals surface area contributed by atoms with Gasteiger partial charge in [0.2, 0.25) is 0 Å². The molecule has 1 unspecified atom stereocenters. The van der Waals surface area contributed by atoms with Gasteiger partial charge in [-0.3, -0.25) is 9.59 Å². The summed E-state index contributed by atoms with van der Waals surface area (Å²) in [5.74, 6) is -1.35. The van der Waals surface area contributed by atoms with Gasteiger partial charge in [0.1, 0.15) is 0 Å². The maximum Gasteiger partial charge on any atom is 0.313 e. The number of carbonyl (C=O) groups is 2. The summed E-state index contributed by atoms with van der Waals surface area (Å²) >= 11 is 5.96. The van der Waals surface area contributed by atoms with E-state index < -0.39 is 11.8 Å². The highest BCUT2D eigenvalue weighted by molar-refractivity contribution is 6.40. The number of amides is 2. The first kappa shape index (κ1) is 17.5. The number of aliphatic hydroxyl groups is 1. The zero-order chi connectivity index (χ0) is 16.0. The normalized spacial score (nSPS) is 12.1. The number of rotatable bonds is 5. The van der Waals surface area contributed by atoms with Crippen molar-refractivity contribution < 1.29 is 14.7 Å². The number of aryl methyl sites for hydroxylation is 1. The van der Waals surface area contributed by atoms with Crippen molar-refractivity contribution in [2.24, 2.45) is 5.92 Å². The molecule has 0 spiro atoms. The highest BCUT2D eigenvalue weighted by Gasteiger charge is 2.20. The summed E-state index contributed by atoms with van der Waals surface area (Å²) in [6.07, 6.45) is 0.410. The lowest BCUT2D eigenvalue weighted by Gasteiger charge is -2.21. The van der Waals surface area contributed by atoms with Crippen LogP contribution < -0.4 is 10.6 Å². The Morgan fingerprint density at radius 3 is 2.48 bits per heavy atom. The van der Waals surface area contributed by atoms with Crippen LogP contribution in [0.2, 0.25) is 5.02 Å². The van der Waals surface area contributed by atoms with Crippen molar-refractivity contribution in [1.29, 1.82) is 0 Å². The highest BCUT2D eigenvalue weighted by atomic mass is 35.5. The molecule has 1 rings (SSSR count). The van der Waals surface area contributed by atoms with E-state index in [0.717, 1.165) is 5.56 Å². The molecular formula is C15H21ClN2O3. The predicted octanol–water partition coefficient (Wildman–Crippen LogP) is 2.11. The molecule has 6 heteroatoms. The first-order valence-electron chi connectivity index (χ1n) is 6.84. The van der Waals surface area contributed by atoms with E-state index >= 15 is 0 Å². The summed E-state index contributed by atoms with van der Waals surface area (Å²) in [6.45, 7) is 5.64. The van der Waals surface area contributed by atoms with E-state index in [4.69, 9.17) is 16.7 Å². The lowest BCUT2D eigenvalue weighted by atomic mass is 10.0. The van der Waals surface area contributed by atoms with Crippen molar-refractivity contribution in [2.75, 3.05) is 11.9 Å². The quantitative estimate of drug-likeness (QED) is 0.729. The Kier molecular flexibility index (Phi) is 6.65. The molecule has 0 aliphatic carbocycles. The van der Waals surface area contributed by atoms with Gasteiger partial charge in [0, 0.05) is 23.4 Å². The second-order valence-electron chi connectivity index (χ2n) is 5.25. The summed E-state index contributed by atoms with van der Waals surface area (Å²) < 4.78 is 0. The standard InChI is InChI=1S/C15H21ClN2O3/c1-9(2)13(6-7-19)18-15(21)14(20)17-11-5-4-10(3)12(16)8-11/h4-5,8-9,13,19H,6-7H2,1-3H3,(H,17,20)(H,18,21). The molecule has 0 aliphatic heterocycles. The minimum Gasteiger partial charge on any atom is -0.396 e. The maximum absolute atomic E-state index is 11.9. The molecule has 3 N–H and O–H groups in total. The van der Waals surface area contributed by atoms with Gasteiger partial charge < -0.3 is 15.7 Å². The van der Waals surface area contributed by atoms with Gasteiger partial charge in [-0.2, -0.15) is 0 Å². The first-order chi connectivity index (χ1) is 9.85. The molecule has 1 aromatic carbocycles. The van der Waals surface area contributed by atoms with Crippen LogP contribution in [-0.2, 0) is 9.59 Å². The minimum absolute atomic E-state index is 0.0433. The summed E-state index contributed by atoms with van der Waals surface area (Å²) in [5.41, 5.74) is 1.36. The molecule has 0 saturated heterocycles. The van der Waals surface area contributed by atoms with E-state index in [-0.39, 0.29) is 18.6 Å². The highest BCUT2D eigenvalue weighted by Crippen LogP contribution is 2.19. The Bertz CT molecular complexity index is 518. The predicted molar refractivity (Wildman–Crippen MR) is 83.3 cm³/mol. The summed E-state index contributed by atoms with van der Waals surface area (Å²) in [7, 11) is 0. The Morgan fingerprint density at radius 2 is 1.95 bits per heavy atom. The van der Waals surface area contributed by atoms with E-state index in [1.165, 1.54) is 0 Å². The van der Waals surface area contributed by atoms with Gasteiger partial charge in [0.05, 0.1) is 0 Å². The van der Waals surface area contributed by atoms with E-state index in [2.05, 4.69) is 10.6 Å². The van der Waals surface area contributed by atoms with Crippen LogP contribution in [0.15, 0.2) is 18.2 Å². The molecule has 0 radical (unpaired) electrons. The topological polar surface area (TPSA) is 78.4 Å².